The van der Waals surface area contributed by atoms with Gasteiger partial charge in [-0.2, -0.15) is 0 Å². The molecule has 0 aromatic carbocycles. The Morgan fingerprint density at radius 3 is 1.46 bits per heavy atom. The maximum absolute atomic E-state index is 12.8. The van der Waals surface area contributed by atoms with E-state index < -0.39 is 62.5 Å². The minimum absolute atomic E-state index is 0.0350. The third kappa shape index (κ3) is 24.4. The summed E-state index contributed by atoms with van der Waals surface area (Å²) in [7, 11) is 0. The lowest BCUT2D eigenvalue weighted by Crippen LogP contribution is -2.43. The SMILES string of the molecule is CCCOC(=O)NCCCOC(=O)COCC(=O)OCCN(CCOC(=O)COCC(=O)OCCCNC(=O)OCCC)CC(=O)N1CCSC1=S. The largest absolute Gasteiger partial charge is 0.464 e. The van der Waals surface area contributed by atoms with Crippen molar-refractivity contribution in [2.45, 2.75) is 39.5 Å². The molecule has 1 heterocycles. The number of nitrogens with zero attached hydrogens (tertiary/aromatic N) is 2. The molecule has 0 aliphatic carbocycles. The summed E-state index contributed by atoms with van der Waals surface area (Å²) in [5.41, 5.74) is 0. The Bertz CT molecular complexity index is 1080. The molecular formula is C31H50N4O15S2. The van der Waals surface area contributed by atoms with E-state index in [0.717, 1.165) is 0 Å². The lowest BCUT2D eigenvalue weighted by atomic mass is 10.4. The van der Waals surface area contributed by atoms with Gasteiger partial charge in [-0.25, -0.2) is 28.8 Å². The smallest absolute Gasteiger partial charge is 0.407 e. The number of thioether (sulfide) groups is 1. The Kier molecular flexibility index (Phi) is 26.5. The number of amides is 3. The average molecular weight is 783 g/mol. The van der Waals surface area contributed by atoms with E-state index in [2.05, 4.69) is 10.6 Å². The summed E-state index contributed by atoms with van der Waals surface area (Å²) in [5, 5.41) is 5.03. The molecule has 0 saturated carbocycles. The highest BCUT2D eigenvalue weighted by molar-refractivity contribution is 8.23. The number of carbonyl (C=O) groups excluding carboxylic acids is 7. The Morgan fingerprint density at radius 1 is 0.654 bits per heavy atom. The van der Waals surface area contributed by atoms with E-state index in [1.807, 2.05) is 13.8 Å². The zero-order valence-corrected chi connectivity index (χ0v) is 31.3. The molecule has 1 aliphatic rings. The summed E-state index contributed by atoms with van der Waals surface area (Å²) < 4.78 is 40.5. The first-order chi connectivity index (χ1) is 25.0. The average Bonchev–Trinajstić information content (AvgIpc) is 3.55. The molecule has 19 nitrogen and oxygen atoms in total. The van der Waals surface area contributed by atoms with Crippen LogP contribution < -0.4 is 10.6 Å². The number of esters is 4. The van der Waals surface area contributed by atoms with Crippen LogP contribution in [-0.2, 0) is 61.9 Å². The number of thiocarbonyl (C=S) groups is 1. The second kappa shape index (κ2) is 29.8. The summed E-state index contributed by atoms with van der Waals surface area (Å²) >= 11 is 6.61. The molecule has 296 valence electrons. The molecule has 1 saturated heterocycles. The maximum Gasteiger partial charge on any atom is 0.407 e. The fourth-order valence-corrected chi connectivity index (χ4v) is 4.98. The van der Waals surface area contributed by atoms with Gasteiger partial charge in [0.2, 0.25) is 5.91 Å². The number of rotatable bonds is 28. The summed E-state index contributed by atoms with van der Waals surface area (Å²) in [6.07, 6.45) is 1.04. The van der Waals surface area contributed by atoms with Crippen LogP contribution in [0, 0.1) is 0 Å². The van der Waals surface area contributed by atoms with E-state index in [0.29, 0.717) is 55.5 Å². The van der Waals surface area contributed by atoms with Crippen LogP contribution in [0.5, 0.6) is 0 Å². The molecule has 3 amide bonds. The van der Waals surface area contributed by atoms with Gasteiger partial charge in [-0.15, -0.1) is 0 Å². The Morgan fingerprint density at radius 2 is 1.08 bits per heavy atom. The van der Waals surface area contributed by atoms with Crippen molar-refractivity contribution in [3.8, 4) is 0 Å². The number of ether oxygens (including phenoxy) is 8. The summed E-state index contributed by atoms with van der Waals surface area (Å²) in [5.74, 6) is -2.49. The first-order valence-corrected chi connectivity index (χ1v) is 18.2. The highest BCUT2D eigenvalue weighted by Crippen LogP contribution is 2.18. The van der Waals surface area contributed by atoms with Gasteiger partial charge in [0.1, 0.15) is 44.0 Å². The molecule has 1 aliphatic heterocycles. The van der Waals surface area contributed by atoms with Crippen molar-refractivity contribution in [3.63, 3.8) is 0 Å². The Labute approximate surface area is 312 Å². The second-order valence-electron chi connectivity index (χ2n) is 10.6. The van der Waals surface area contributed by atoms with Crippen LogP contribution in [0.2, 0.25) is 0 Å². The third-order valence-corrected chi connectivity index (χ3v) is 7.65. The van der Waals surface area contributed by atoms with E-state index >= 15 is 0 Å². The molecule has 0 aromatic heterocycles. The highest BCUT2D eigenvalue weighted by atomic mass is 32.2. The van der Waals surface area contributed by atoms with E-state index in [4.69, 9.17) is 50.1 Å². The molecule has 21 heteroatoms. The lowest BCUT2D eigenvalue weighted by molar-refractivity contribution is -0.156. The van der Waals surface area contributed by atoms with Crippen LogP contribution in [0.3, 0.4) is 0 Å². The summed E-state index contributed by atoms with van der Waals surface area (Å²) in [6.45, 7) is 3.25. The van der Waals surface area contributed by atoms with Crippen molar-refractivity contribution in [2.24, 2.45) is 0 Å². The van der Waals surface area contributed by atoms with Gasteiger partial charge in [-0.3, -0.25) is 14.6 Å². The van der Waals surface area contributed by atoms with Crippen molar-refractivity contribution in [2.75, 3.05) is 111 Å². The van der Waals surface area contributed by atoms with Gasteiger partial charge < -0.3 is 48.5 Å². The van der Waals surface area contributed by atoms with Crippen LogP contribution >= 0.6 is 24.0 Å². The fraction of sp³-hybridized carbons (Fsp3) is 0.742. The minimum atomic E-state index is -0.753. The number of alkyl carbamates (subject to hydrolysis) is 2. The number of hydrogen-bond donors (Lipinski definition) is 2. The molecule has 52 heavy (non-hydrogen) atoms. The first kappa shape index (κ1) is 46.2. The van der Waals surface area contributed by atoms with Crippen LogP contribution in [-0.4, -0.2) is 167 Å². The fourth-order valence-electron chi connectivity index (χ4n) is 3.73. The van der Waals surface area contributed by atoms with Gasteiger partial charge in [0.15, 0.2) is 0 Å². The number of hydrogen-bond acceptors (Lipinski definition) is 18. The van der Waals surface area contributed by atoms with Crippen LogP contribution in [0.4, 0.5) is 9.59 Å². The van der Waals surface area contributed by atoms with Crippen molar-refractivity contribution >= 4 is 70.3 Å². The predicted molar refractivity (Wildman–Crippen MR) is 187 cm³/mol. The lowest BCUT2D eigenvalue weighted by Gasteiger charge is -2.24. The second-order valence-corrected chi connectivity index (χ2v) is 12.4. The van der Waals surface area contributed by atoms with Crippen molar-refractivity contribution in [1.82, 2.24) is 20.4 Å². The molecule has 1 fully saturated rings. The van der Waals surface area contributed by atoms with Crippen LogP contribution in [0.1, 0.15) is 39.5 Å². The molecule has 0 spiro atoms. The van der Waals surface area contributed by atoms with Crippen molar-refractivity contribution in [1.29, 1.82) is 0 Å². The molecular weight excluding hydrogens is 732 g/mol. The normalized spacial score (nSPS) is 12.2. The predicted octanol–water partition coefficient (Wildman–Crippen LogP) is 0.407. The van der Waals surface area contributed by atoms with E-state index in [1.54, 1.807) is 4.90 Å². The molecule has 0 atom stereocenters. The van der Waals surface area contributed by atoms with Gasteiger partial charge in [0, 0.05) is 38.5 Å². The molecule has 0 bridgehead atoms. The molecule has 2 N–H and O–H groups in total. The van der Waals surface area contributed by atoms with Crippen LogP contribution in [0.25, 0.3) is 0 Å². The maximum atomic E-state index is 12.8. The minimum Gasteiger partial charge on any atom is -0.464 e. The number of carbonyl (C=O) groups is 7. The van der Waals surface area contributed by atoms with Crippen molar-refractivity contribution < 1.29 is 71.5 Å². The Hall–Kier alpha value is -3.79. The zero-order chi connectivity index (χ0) is 38.4. The first-order valence-electron chi connectivity index (χ1n) is 16.8. The van der Waals surface area contributed by atoms with Gasteiger partial charge in [-0.1, -0.05) is 37.8 Å². The molecule has 0 aromatic rings. The van der Waals surface area contributed by atoms with Gasteiger partial charge in [0.05, 0.1) is 33.0 Å². The van der Waals surface area contributed by atoms with E-state index in [-0.39, 0.29) is 65.1 Å². The van der Waals surface area contributed by atoms with Gasteiger partial charge in [0.25, 0.3) is 0 Å². The Balaban J connectivity index is 2.30. The van der Waals surface area contributed by atoms with Gasteiger partial charge >= 0.3 is 36.1 Å². The highest BCUT2D eigenvalue weighted by Gasteiger charge is 2.26. The molecule has 1 rings (SSSR count). The quantitative estimate of drug-likeness (QED) is 0.0474. The van der Waals surface area contributed by atoms with Crippen LogP contribution in [0.15, 0.2) is 0 Å². The van der Waals surface area contributed by atoms with E-state index in [1.165, 1.54) is 16.7 Å². The van der Waals surface area contributed by atoms with E-state index in [9.17, 15) is 33.6 Å². The topological polar surface area (TPSA) is 224 Å². The monoisotopic (exact) mass is 782 g/mol. The standard InChI is InChI=1S/C31H50N4O15S2/c1-3-12-49-29(41)32-7-5-14-45-25(37)20-43-22-27(39)47-16-9-34(19-24(36)35-11-18-52-31(35)51)10-17-48-28(40)23-44-21-26(38)46-15-6-8-33-30(42)50-13-4-2/h3-23H2,1-2H3,(H,32,41)(H,33,42). The van der Waals surface area contributed by atoms with Gasteiger partial charge in [-0.05, 0) is 25.7 Å². The summed E-state index contributed by atoms with van der Waals surface area (Å²) in [6, 6.07) is 0. The zero-order valence-electron chi connectivity index (χ0n) is 29.7. The summed E-state index contributed by atoms with van der Waals surface area (Å²) in [4.78, 5) is 86.4. The number of nitrogens with one attached hydrogen (secondary N) is 2. The third-order valence-electron chi connectivity index (χ3n) is 6.22. The van der Waals surface area contributed by atoms with Crippen molar-refractivity contribution in [3.05, 3.63) is 0 Å². The molecule has 0 radical (unpaired) electrons. The molecule has 0 unspecified atom stereocenters.